The van der Waals surface area contributed by atoms with Crippen LogP contribution in [0.3, 0.4) is 0 Å². The maximum Gasteiger partial charge on any atom is 0.132 e. The second kappa shape index (κ2) is 6.78. The Bertz CT molecular complexity index is 366. The Balaban J connectivity index is 2.61. The van der Waals surface area contributed by atoms with Gasteiger partial charge >= 0.3 is 0 Å². The van der Waals surface area contributed by atoms with Crippen LogP contribution in [0.4, 0.5) is 0 Å². The van der Waals surface area contributed by atoms with Crippen molar-refractivity contribution < 1.29 is 9.47 Å². The largest absolute Gasteiger partial charge is 0.498 e. The number of allylic oxidation sites excluding steroid dienone is 2. The van der Waals surface area contributed by atoms with Gasteiger partial charge in [0.15, 0.2) is 0 Å². The summed E-state index contributed by atoms with van der Waals surface area (Å²) in [6, 6.07) is 8.29. The summed E-state index contributed by atoms with van der Waals surface area (Å²) in [4.78, 5) is 0. The minimum Gasteiger partial charge on any atom is -0.498 e. The standard InChI is InChI=1S/C13H17IO2/c1-4-13(15-3)10(2)16-9-11-6-5-7-12(14)8-11/h5-8H,4,9H2,1-3H3/b13-10-. The van der Waals surface area contributed by atoms with E-state index in [1.54, 1.807) is 7.11 Å². The molecule has 16 heavy (non-hydrogen) atoms. The Kier molecular flexibility index (Phi) is 5.66. The molecule has 0 saturated carbocycles. The van der Waals surface area contributed by atoms with Crippen molar-refractivity contribution in [2.24, 2.45) is 0 Å². The summed E-state index contributed by atoms with van der Waals surface area (Å²) in [6.45, 7) is 4.59. The first-order valence-corrected chi connectivity index (χ1v) is 6.36. The van der Waals surface area contributed by atoms with Crippen molar-refractivity contribution in [1.29, 1.82) is 0 Å². The van der Waals surface area contributed by atoms with Gasteiger partial charge in [-0.2, -0.15) is 0 Å². The first-order chi connectivity index (χ1) is 7.67. The predicted molar refractivity (Wildman–Crippen MR) is 73.9 cm³/mol. The lowest BCUT2D eigenvalue weighted by Gasteiger charge is -2.11. The van der Waals surface area contributed by atoms with Crippen molar-refractivity contribution in [1.82, 2.24) is 0 Å². The summed E-state index contributed by atoms with van der Waals surface area (Å²) in [5.74, 6) is 1.77. The normalized spacial score (nSPS) is 12.0. The van der Waals surface area contributed by atoms with Crippen LogP contribution in [0.1, 0.15) is 25.8 Å². The SMILES string of the molecule is CC/C(OC)=C(\C)OCc1cccc(I)c1. The summed E-state index contributed by atoms with van der Waals surface area (Å²) < 4.78 is 12.1. The number of hydrogen-bond donors (Lipinski definition) is 0. The Morgan fingerprint density at radius 2 is 2.12 bits per heavy atom. The highest BCUT2D eigenvalue weighted by molar-refractivity contribution is 14.1. The third-order valence-electron chi connectivity index (χ3n) is 2.30. The van der Waals surface area contributed by atoms with Gasteiger partial charge in [0.1, 0.15) is 18.1 Å². The van der Waals surface area contributed by atoms with Gasteiger partial charge in [-0.05, 0) is 47.2 Å². The lowest BCUT2D eigenvalue weighted by Crippen LogP contribution is -1.97. The van der Waals surface area contributed by atoms with E-state index in [4.69, 9.17) is 9.47 Å². The first-order valence-electron chi connectivity index (χ1n) is 5.28. The van der Waals surface area contributed by atoms with Crippen LogP contribution in [0.2, 0.25) is 0 Å². The lowest BCUT2D eigenvalue weighted by atomic mass is 10.2. The van der Waals surface area contributed by atoms with Gasteiger partial charge in [-0.15, -0.1) is 0 Å². The van der Waals surface area contributed by atoms with Gasteiger partial charge in [0.25, 0.3) is 0 Å². The summed E-state index contributed by atoms with van der Waals surface area (Å²) in [5.41, 5.74) is 1.18. The topological polar surface area (TPSA) is 18.5 Å². The van der Waals surface area contributed by atoms with E-state index < -0.39 is 0 Å². The fourth-order valence-electron chi connectivity index (χ4n) is 1.44. The number of methoxy groups -OCH3 is 1. The van der Waals surface area contributed by atoms with Crippen LogP contribution in [0, 0.1) is 3.57 Å². The van der Waals surface area contributed by atoms with Gasteiger partial charge in [0.2, 0.25) is 0 Å². The van der Waals surface area contributed by atoms with Crippen molar-refractivity contribution >= 4 is 22.6 Å². The van der Waals surface area contributed by atoms with E-state index in [9.17, 15) is 0 Å². The van der Waals surface area contributed by atoms with Gasteiger partial charge in [-0.1, -0.05) is 19.1 Å². The van der Waals surface area contributed by atoms with Crippen LogP contribution in [0.25, 0.3) is 0 Å². The number of rotatable bonds is 5. The molecule has 0 aliphatic heterocycles. The van der Waals surface area contributed by atoms with Crippen LogP contribution in [0.15, 0.2) is 35.8 Å². The summed E-state index contributed by atoms with van der Waals surface area (Å²) in [7, 11) is 1.68. The summed E-state index contributed by atoms with van der Waals surface area (Å²) >= 11 is 2.30. The third-order valence-corrected chi connectivity index (χ3v) is 2.98. The molecule has 88 valence electrons. The van der Waals surface area contributed by atoms with Gasteiger partial charge in [0, 0.05) is 9.99 Å². The average molecular weight is 332 g/mol. The molecular weight excluding hydrogens is 315 g/mol. The lowest BCUT2D eigenvalue weighted by molar-refractivity contribution is 0.164. The van der Waals surface area contributed by atoms with Crippen molar-refractivity contribution in [3.8, 4) is 0 Å². The molecule has 0 fully saturated rings. The third kappa shape index (κ3) is 4.04. The van der Waals surface area contributed by atoms with Gasteiger partial charge in [0.05, 0.1) is 7.11 Å². The van der Waals surface area contributed by atoms with Crippen LogP contribution in [-0.4, -0.2) is 7.11 Å². The number of ether oxygens (including phenoxy) is 2. The van der Waals surface area contributed by atoms with Crippen LogP contribution >= 0.6 is 22.6 Å². The minimum atomic E-state index is 0.593. The van der Waals surface area contributed by atoms with Crippen molar-refractivity contribution in [2.75, 3.05) is 7.11 Å². The minimum absolute atomic E-state index is 0.593. The van der Waals surface area contributed by atoms with Gasteiger partial charge in [-0.25, -0.2) is 0 Å². The van der Waals surface area contributed by atoms with Crippen molar-refractivity contribution in [2.45, 2.75) is 26.9 Å². The van der Waals surface area contributed by atoms with Crippen LogP contribution in [0.5, 0.6) is 0 Å². The van der Waals surface area contributed by atoms with E-state index >= 15 is 0 Å². The molecule has 0 N–H and O–H groups in total. The molecule has 2 nitrogen and oxygen atoms in total. The zero-order chi connectivity index (χ0) is 12.0. The monoisotopic (exact) mass is 332 g/mol. The highest BCUT2D eigenvalue weighted by Gasteiger charge is 2.02. The molecule has 1 aromatic carbocycles. The molecule has 1 aromatic rings. The van der Waals surface area contributed by atoms with E-state index in [0.29, 0.717) is 6.61 Å². The molecule has 0 unspecified atom stereocenters. The molecule has 0 bridgehead atoms. The van der Waals surface area contributed by atoms with Crippen LogP contribution in [-0.2, 0) is 16.1 Å². The molecule has 1 rings (SSSR count). The molecule has 3 heteroatoms. The molecule has 0 heterocycles. The molecule has 0 radical (unpaired) electrons. The van der Waals surface area contributed by atoms with E-state index in [-0.39, 0.29) is 0 Å². The van der Waals surface area contributed by atoms with E-state index in [1.165, 1.54) is 9.13 Å². The second-order valence-electron chi connectivity index (χ2n) is 3.46. The zero-order valence-corrected chi connectivity index (χ0v) is 12.1. The summed E-state index contributed by atoms with van der Waals surface area (Å²) in [6.07, 6.45) is 0.856. The number of benzene rings is 1. The second-order valence-corrected chi connectivity index (χ2v) is 4.70. The Morgan fingerprint density at radius 1 is 1.38 bits per heavy atom. The molecular formula is C13H17IO2. The van der Waals surface area contributed by atoms with E-state index in [2.05, 4.69) is 47.7 Å². The highest BCUT2D eigenvalue weighted by Crippen LogP contribution is 2.14. The van der Waals surface area contributed by atoms with E-state index in [1.807, 2.05) is 13.0 Å². The predicted octanol–water partition coefficient (Wildman–Crippen LogP) is 4.10. The number of halogens is 1. The fraction of sp³-hybridized carbons (Fsp3) is 0.385. The molecule has 0 aliphatic carbocycles. The molecule has 0 aromatic heterocycles. The molecule has 0 amide bonds. The Morgan fingerprint density at radius 3 is 2.69 bits per heavy atom. The molecule has 0 saturated heterocycles. The van der Waals surface area contributed by atoms with E-state index in [0.717, 1.165) is 17.9 Å². The quantitative estimate of drug-likeness (QED) is 0.597. The first kappa shape index (κ1) is 13.4. The fourth-order valence-corrected chi connectivity index (χ4v) is 2.04. The Hall–Kier alpha value is -0.710. The van der Waals surface area contributed by atoms with Crippen molar-refractivity contribution in [3.05, 3.63) is 44.9 Å². The maximum absolute atomic E-state index is 5.68. The average Bonchev–Trinajstić information content (AvgIpc) is 2.28. The molecule has 0 atom stereocenters. The smallest absolute Gasteiger partial charge is 0.132 e. The van der Waals surface area contributed by atoms with Crippen LogP contribution < -0.4 is 0 Å². The maximum atomic E-state index is 5.68. The molecule has 0 aliphatic rings. The highest BCUT2D eigenvalue weighted by atomic mass is 127. The van der Waals surface area contributed by atoms with Gasteiger partial charge < -0.3 is 9.47 Å². The van der Waals surface area contributed by atoms with Crippen molar-refractivity contribution in [3.63, 3.8) is 0 Å². The molecule has 0 spiro atoms. The number of hydrogen-bond acceptors (Lipinski definition) is 2. The zero-order valence-electron chi connectivity index (χ0n) is 9.92. The Labute approximate surface area is 111 Å². The summed E-state index contributed by atoms with van der Waals surface area (Å²) in [5, 5.41) is 0. The van der Waals surface area contributed by atoms with Gasteiger partial charge in [-0.3, -0.25) is 0 Å².